The standard InChI is InChI=1S/C27H25N3O4/c1-19-12-14-20(15-13-19)26-23(17-30(29-26)22-9-4-3-5-10-22)27(32)34-18-25(31)28-16-21-8-6-7-11-24(21)33-2/h3-15,17H,16,18H2,1-2H3,(H,28,31). The average Bonchev–Trinajstić information content (AvgIpc) is 3.33. The van der Waals surface area contributed by atoms with Crippen molar-refractivity contribution in [2.45, 2.75) is 13.5 Å². The van der Waals surface area contributed by atoms with Crippen molar-refractivity contribution >= 4 is 11.9 Å². The molecule has 1 heterocycles. The van der Waals surface area contributed by atoms with Gasteiger partial charge in [0, 0.05) is 23.9 Å². The number of carbonyl (C=O) groups excluding carboxylic acids is 2. The second-order valence-corrected chi connectivity index (χ2v) is 7.70. The molecule has 0 aliphatic carbocycles. The fourth-order valence-electron chi connectivity index (χ4n) is 3.46. The summed E-state index contributed by atoms with van der Waals surface area (Å²) in [6.07, 6.45) is 1.62. The number of esters is 1. The molecular weight excluding hydrogens is 430 g/mol. The highest BCUT2D eigenvalue weighted by molar-refractivity contribution is 5.97. The normalized spacial score (nSPS) is 10.5. The molecule has 1 amide bonds. The Hall–Kier alpha value is -4.39. The molecule has 0 saturated heterocycles. The maximum atomic E-state index is 13.0. The van der Waals surface area contributed by atoms with Crippen molar-refractivity contribution in [3.05, 3.63) is 102 Å². The number of methoxy groups -OCH3 is 1. The molecule has 4 rings (SSSR count). The minimum absolute atomic E-state index is 0.265. The molecule has 0 fully saturated rings. The lowest BCUT2D eigenvalue weighted by Gasteiger charge is -2.10. The van der Waals surface area contributed by atoms with Gasteiger partial charge >= 0.3 is 5.97 Å². The number of nitrogens with one attached hydrogen (secondary N) is 1. The first kappa shape index (κ1) is 22.8. The molecule has 0 aliphatic heterocycles. The van der Waals surface area contributed by atoms with Gasteiger partial charge in [0.1, 0.15) is 17.0 Å². The number of ether oxygens (including phenoxy) is 2. The largest absolute Gasteiger partial charge is 0.496 e. The summed E-state index contributed by atoms with van der Waals surface area (Å²) in [6.45, 7) is 1.85. The predicted molar refractivity (Wildman–Crippen MR) is 129 cm³/mol. The first-order chi connectivity index (χ1) is 16.5. The van der Waals surface area contributed by atoms with Crippen molar-refractivity contribution in [1.82, 2.24) is 15.1 Å². The summed E-state index contributed by atoms with van der Waals surface area (Å²) in [4.78, 5) is 25.3. The van der Waals surface area contributed by atoms with Gasteiger partial charge in [-0.3, -0.25) is 4.79 Å². The molecule has 0 aliphatic rings. The Kier molecular flexibility index (Phi) is 7.03. The van der Waals surface area contributed by atoms with E-state index in [0.717, 1.165) is 22.4 Å². The van der Waals surface area contributed by atoms with E-state index in [1.54, 1.807) is 18.0 Å². The number of hydrogen-bond donors (Lipinski definition) is 1. The van der Waals surface area contributed by atoms with Crippen LogP contribution in [-0.4, -0.2) is 35.4 Å². The Balaban J connectivity index is 1.48. The van der Waals surface area contributed by atoms with E-state index in [0.29, 0.717) is 11.4 Å². The minimum atomic E-state index is -0.620. The molecule has 4 aromatic rings. The van der Waals surface area contributed by atoms with Crippen LogP contribution in [0.4, 0.5) is 0 Å². The van der Waals surface area contributed by atoms with Crippen LogP contribution >= 0.6 is 0 Å². The Labute approximate surface area is 197 Å². The topological polar surface area (TPSA) is 82.5 Å². The van der Waals surface area contributed by atoms with Crippen molar-refractivity contribution in [2.24, 2.45) is 0 Å². The number of hydrogen-bond acceptors (Lipinski definition) is 5. The SMILES string of the molecule is COc1ccccc1CNC(=O)COC(=O)c1cn(-c2ccccc2)nc1-c1ccc(C)cc1. The van der Waals surface area contributed by atoms with Crippen LogP contribution in [0.1, 0.15) is 21.5 Å². The van der Waals surface area contributed by atoms with E-state index in [2.05, 4.69) is 10.4 Å². The third-order valence-corrected chi connectivity index (χ3v) is 5.28. The Morgan fingerprint density at radius 1 is 0.941 bits per heavy atom. The van der Waals surface area contributed by atoms with E-state index in [9.17, 15) is 9.59 Å². The zero-order chi connectivity index (χ0) is 23.9. The first-order valence-corrected chi connectivity index (χ1v) is 10.8. The van der Waals surface area contributed by atoms with Crippen LogP contribution in [0.3, 0.4) is 0 Å². The summed E-state index contributed by atoms with van der Waals surface area (Å²) in [5.41, 5.74) is 4.29. The van der Waals surface area contributed by atoms with Crippen molar-refractivity contribution in [1.29, 1.82) is 0 Å². The van der Waals surface area contributed by atoms with Gasteiger partial charge in [0.25, 0.3) is 5.91 Å². The maximum absolute atomic E-state index is 13.0. The summed E-state index contributed by atoms with van der Waals surface area (Å²) in [7, 11) is 1.57. The highest BCUT2D eigenvalue weighted by atomic mass is 16.5. The lowest BCUT2D eigenvalue weighted by atomic mass is 10.1. The van der Waals surface area contributed by atoms with Gasteiger partial charge in [0.15, 0.2) is 6.61 Å². The number of carbonyl (C=O) groups is 2. The van der Waals surface area contributed by atoms with Gasteiger partial charge < -0.3 is 14.8 Å². The number of aryl methyl sites for hydroxylation is 1. The van der Waals surface area contributed by atoms with Crippen LogP contribution in [0.2, 0.25) is 0 Å². The molecule has 0 unspecified atom stereocenters. The van der Waals surface area contributed by atoms with E-state index >= 15 is 0 Å². The van der Waals surface area contributed by atoms with E-state index in [1.165, 1.54) is 0 Å². The third-order valence-electron chi connectivity index (χ3n) is 5.28. The molecule has 34 heavy (non-hydrogen) atoms. The summed E-state index contributed by atoms with van der Waals surface area (Å²) >= 11 is 0. The first-order valence-electron chi connectivity index (χ1n) is 10.8. The van der Waals surface area contributed by atoms with Gasteiger partial charge in [0.2, 0.25) is 0 Å². The highest BCUT2D eigenvalue weighted by Crippen LogP contribution is 2.25. The van der Waals surface area contributed by atoms with Crippen LogP contribution in [0.5, 0.6) is 5.75 Å². The fraction of sp³-hybridized carbons (Fsp3) is 0.148. The second kappa shape index (κ2) is 10.5. The van der Waals surface area contributed by atoms with E-state index in [1.807, 2.05) is 85.8 Å². The molecular formula is C27H25N3O4. The van der Waals surface area contributed by atoms with Crippen molar-refractivity contribution in [3.63, 3.8) is 0 Å². The van der Waals surface area contributed by atoms with Crippen LogP contribution < -0.4 is 10.1 Å². The Bertz CT molecular complexity index is 1280. The molecule has 0 atom stereocenters. The van der Waals surface area contributed by atoms with Gasteiger partial charge in [-0.05, 0) is 25.1 Å². The monoisotopic (exact) mass is 455 g/mol. The van der Waals surface area contributed by atoms with Gasteiger partial charge in [-0.2, -0.15) is 5.10 Å². The van der Waals surface area contributed by atoms with Gasteiger partial charge in [-0.1, -0.05) is 66.2 Å². The van der Waals surface area contributed by atoms with E-state index < -0.39 is 18.5 Å². The minimum Gasteiger partial charge on any atom is -0.496 e. The second-order valence-electron chi connectivity index (χ2n) is 7.70. The zero-order valence-corrected chi connectivity index (χ0v) is 19.0. The molecule has 7 nitrogen and oxygen atoms in total. The summed E-state index contributed by atoms with van der Waals surface area (Å²) in [5.74, 6) is -0.354. The predicted octanol–water partition coefficient (Wildman–Crippen LogP) is 4.33. The number of amides is 1. The molecule has 3 aromatic carbocycles. The number of benzene rings is 3. The highest BCUT2D eigenvalue weighted by Gasteiger charge is 2.21. The third kappa shape index (κ3) is 5.32. The van der Waals surface area contributed by atoms with Crippen LogP contribution in [0, 0.1) is 6.92 Å². The summed E-state index contributed by atoms with van der Waals surface area (Å²) in [6, 6.07) is 24.6. The quantitative estimate of drug-likeness (QED) is 0.400. The Morgan fingerprint density at radius 3 is 2.38 bits per heavy atom. The maximum Gasteiger partial charge on any atom is 0.342 e. The summed E-state index contributed by atoms with van der Waals surface area (Å²) in [5, 5.41) is 7.37. The van der Waals surface area contributed by atoms with Gasteiger partial charge in [0.05, 0.1) is 12.8 Å². The van der Waals surface area contributed by atoms with Gasteiger partial charge in [-0.15, -0.1) is 0 Å². The number of rotatable bonds is 8. The van der Waals surface area contributed by atoms with Crippen LogP contribution in [-0.2, 0) is 16.1 Å². The average molecular weight is 456 g/mol. The molecule has 1 N–H and O–H groups in total. The van der Waals surface area contributed by atoms with Crippen molar-refractivity contribution in [2.75, 3.05) is 13.7 Å². The molecule has 0 saturated carbocycles. The molecule has 7 heteroatoms. The molecule has 0 bridgehead atoms. The smallest absolute Gasteiger partial charge is 0.342 e. The van der Waals surface area contributed by atoms with Crippen molar-refractivity contribution < 1.29 is 19.1 Å². The number of para-hydroxylation sites is 2. The lowest BCUT2D eigenvalue weighted by molar-refractivity contribution is -0.124. The van der Waals surface area contributed by atoms with E-state index in [-0.39, 0.29) is 12.1 Å². The molecule has 172 valence electrons. The molecule has 1 aromatic heterocycles. The molecule has 0 radical (unpaired) electrons. The van der Waals surface area contributed by atoms with E-state index in [4.69, 9.17) is 9.47 Å². The van der Waals surface area contributed by atoms with Gasteiger partial charge in [-0.25, -0.2) is 9.48 Å². The summed E-state index contributed by atoms with van der Waals surface area (Å²) < 4.78 is 12.3. The zero-order valence-electron chi connectivity index (χ0n) is 19.0. The lowest BCUT2D eigenvalue weighted by Crippen LogP contribution is -2.28. The van der Waals surface area contributed by atoms with Crippen molar-refractivity contribution in [3.8, 4) is 22.7 Å². The van der Waals surface area contributed by atoms with Crippen LogP contribution in [0.15, 0.2) is 85.1 Å². The fourth-order valence-corrected chi connectivity index (χ4v) is 3.46. The number of aromatic nitrogens is 2. The van der Waals surface area contributed by atoms with Crippen LogP contribution in [0.25, 0.3) is 16.9 Å². The molecule has 0 spiro atoms. The Morgan fingerprint density at radius 2 is 1.65 bits per heavy atom. The number of nitrogens with zero attached hydrogens (tertiary/aromatic N) is 2.